The number of benzene rings is 1. The van der Waals surface area contributed by atoms with Crippen LogP contribution < -0.4 is 5.32 Å². The van der Waals surface area contributed by atoms with Crippen LogP contribution in [0, 0.1) is 17.6 Å². The molecule has 0 spiro atoms. The molecule has 1 atom stereocenters. The van der Waals surface area contributed by atoms with E-state index in [1.54, 1.807) is 12.1 Å². The third kappa shape index (κ3) is 3.03. The highest BCUT2D eigenvalue weighted by molar-refractivity contribution is 5.18. The molecule has 1 aliphatic carbocycles. The summed E-state index contributed by atoms with van der Waals surface area (Å²) in [6.45, 7) is 2.54. The van der Waals surface area contributed by atoms with Gasteiger partial charge < -0.3 is 5.32 Å². The molecule has 0 unspecified atom stereocenters. The Morgan fingerprint density at radius 1 is 1.29 bits per heavy atom. The van der Waals surface area contributed by atoms with Gasteiger partial charge >= 0.3 is 0 Å². The summed E-state index contributed by atoms with van der Waals surface area (Å²) in [5, 5.41) is 3.30. The fourth-order valence-electron chi connectivity index (χ4n) is 2.58. The molecular weight excluding hydrogens is 220 g/mol. The van der Waals surface area contributed by atoms with Crippen molar-refractivity contribution < 1.29 is 8.78 Å². The van der Waals surface area contributed by atoms with Gasteiger partial charge in [0, 0.05) is 18.2 Å². The molecule has 1 aromatic carbocycles. The van der Waals surface area contributed by atoms with Crippen molar-refractivity contribution in [1.29, 1.82) is 0 Å². The Kier molecular flexibility index (Phi) is 4.11. The van der Waals surface area contributed by atoms with Gasteiger partial charge in [-0.3, -0.25) is 0 Å². The lowest BCUT2D eigenvalue weighted by molar-refractivity contribution is 0.376. The smallest absolute Gasteiger partial charge is 0.163 e. The molecule has 0 amide bonds. The molecule has 1 N–H and O–H groups in total. The summed E-state index contributed by atoms with van der Waals surface area (Å²) < 4.78 is 26.4. The van der Waals surface area contributed by atoms with Crippen LogP contribution in [0.3, 0.4) is 0 Å². The van der Waals surface area contributed by atoms with Crippen molar-refractivity contribution in [2.24, 2.45) is 5.92 Å². The number of halogens is 2. The van der Waals surface area contributed by atoms with Crippen molar-refractivity contribution in [3.05, 3.63) is 35.4 Å². The lowest BCUT2D eigenvalue weighted by Gasteiger charge is -2.20. The quantitative estimate of drug-likeness (QED) is 0.846. The summed E-state index contributed by atoms with van der Waals surface area (Å²) in [6, 6.07) is 4.71. The maximum absolute atomic E-state index is 13.4. The van der Waals surface area contributed by atoms with Crippen LogP contribution in [0.4, 0.5) is 8.78 Å². The first-order chi connectivity index (χ1) is 8.18. The number of hydrogen-bond donors (Lipinski definition) is 1. The molecule has 17 heavy (non-hydrogen) atoms. The van der Waals surface area contributed by atoms with Gasteiger partial charge in [-0.05, 0) is 31.7 Å². The third-order valence-corrected chi connectivity index (χ3v) is 3.75. The maximum Gasteiger partial charge on any atom is 0.163 e. The fourth-order valence-corrected chi connectivity index (χ4v) is 2.58. The molecule has 0 aromatic heterocycles. The normalized spacial score (nSPS) is 18.5. The van der Waals surface area contributed by atoms with Crippen molar-refractivity contribution in [3.8, 4) is 0 Å². The average Bonchev–Trinajstić information content (AvgIpc) is 2.84. The molecule has 0 bridgehead atoms. The highest BCUT2D eigenvalue weighted by Crippen LogP contribution is 2.27. The monoisotopic (exact) mass is 239 g/mol. The molecule has 1 saturated carbocycles. The van der Waals surface area contributed by atoms with Crippen molar-refractivity contribution in [3.63, 3.8) is 0 Å². The highest BCUT2D eigenvalue weighted by atomic mass is 19.2. The minimum atomic E-state index is -0.766. The first-order valence-electron chi connectivity index (χ1n) is 6.34. The molecule has 0 heterocycles. The standard InChI is InChI=1S/C14H19F2N/c1-10(11-5-2-3-6-11)17-9-12-7-4-8-13(15)14(12)16/h4,7-8,10-11,17H,2-3,5-6,9H2,1H3/t10-/m0/s1. The lowest BCUT2D eigenvalue weighted by atomic mass is 9.99. The predicted octanol–water partition coefficient (Wildman–Crippen LogP) is 3.63. The Labute approximate surface area is 101 Å². The van der Waals surface area contributed by atoms with E-state index in [2.05, 4.69) is 12.2 Å². The Hall–Kier alpha value is -0.960. The van der Waals surface area contributed by atoms with Crippen molar-refractivity contribution >= 4 is 0 Å². The Morgan fingerprint density at radius 3 is 2.71 bits per heavy atom. The Bertz CT molecular complexity index is 372. The number of hydrogen-bond acceptors (Lipinski definition) is 1. The molecule has 1 aromatic rings. The number of nitrogens with one attached hydrogen (secondary N) is 1. The molecule has 1 aliphatic rings. The van der Waals surface area contributed by atoms with Crippen LogP contribution in [-0.2, 0) is 6.54 Å². The molecule has 2 rings (SSSR count). The van der Waals surface area contributed by atoms with Crippen LogP contribution in [0.1, 0.15) is 38.2 Å². The van der Waals surface area contributed by atoms with E-state index in [-0.39, 0.29) is 0 Å². The summed E-state index contributed by atoms with van der Waals surface area (Å²) in [5.74, 6) is -0.803. The predicted molar refractivity (Wildman–Crippen MR) is 64.6 cm³/mol. The SMILES string of the molecule is C[C@H](NCc1cccc(F)c1F)C1CCCC1. The fraction of sp³-hybridized carbons (Fsp3) is 0.571. The van der Waals surface area contributed by atoms with Crippen molar-refractivity contribution in [2.45, 2.75) is 45.2 Å². The van der Waals surface area contributed by atoms with E-state index in [1.807, 2.05) is 0 Å². The van der Waals surface area contributed by atoms with Gasteiger partial charge in [-0.15, -0.1) is 0 Å². The van der Waals surface area contributed by atoms with Crippen LogP contribution in [0.25, 0.3) is 0 Å². The summed E-state index contributed by atoms with van der Waals surface area (Å²) in [6.07, 6.45) is 5.09. The Morgan fingerprint density at radius 2 is 2.00 bits per heavy atom. The average molecular weight is 239 g/mol. The molecule has 3 heteroatoms. The van der Waals surface area contributed by atoms with Crippen molar-refractivity contribution in [1.82, 2.24) is 5.32 Å². The third-order valence-electron chi connectivity index (χ3n) is 3.75. The molecule has 1 fully saturated rings. The van der Waals surface area contributed by atoms with E-state index in [0.29, 0.717) is 24.1 Å². The zero-order valence-corrected chi connectivity index (χ0v) is 10.2. The molecule has 1 nitrogen and oxygen atoms in total. The summed E-state index contributed by atoms with van der Waals surface area (Å²) >= 11 is 0. The van der Waals surface area contributed by atoms with E-state index in [0.717, 1.165) is 6.07 Å². The topological polar surface area (TPSA) is 12.0 Å². The molecule has 0 saturated heterocycles. The van der Waals surface area contributed by atoms with Crippen LogP contribution in [-0.4, -0.2) is 6.04 Å². The first-order valence-corrected chi connectivity index (χ1v) is 6.34. The number of rotatable bonds is 4. The summed E-state index contributed by atoms with van der Waals surface area (Å²) in [5.41, 5.74) is 0.412. The van der Waals surface area contributed by atoms with Gasteiger partial charge in [0.1, 0.15) is 0 Å². The second-order valence-electron chi connectivity index (χ2n) is 4.93. The van der Waals surface area contributed by atoms with E-state index in [9.17, 15) is 8.78 Å². The van der Waals surface area contributed by atoms with Crippen LogP contribution in [0.15, 0.2) is 18.2 Å². The molecule has 0 radical (unpaired) electrons. The van der Waals surface area contributed by atoms with E-state index in [1.165, 1.54) is 25.7 Å². The van der Waals surface area contributed by atoms with Crippen LogP contribution in [0.5, 0.6) is 0 Å². The van der Waals surface area contributed by atoms with Gasteiger partial charge in [0.2, 0.25) is 0 Å². The van der Waals surface area contributed by atoms with Gasteiger partial charge in [-0.25, -0.2) is 8.78 Å². The van der Waals surface area contributed by atoms with Crippen LogP contribution >= 0.6 is 0 Å². The zero-order valence-electron chi connectivity index (χ0n) is 10.2. The van der Waals surface area contributed by atoms with Gasteiger partial charge in [0.15, 0.2) is 11.6 Å². The minimum absolute atomic E-state index is 0.375. The van der Waals surface area contributed by atoms with E-state index < -0.39 is 11.6 Å². The van der Waals surface area contributed by atoms with Gasteiger partial charge in [-0.1, -0.05) is 25.0 Å². The van der Waals surface area contributed by atoms with Gasteiger partial charge in [0.25, 0.3) is 0 Å². The van der Waals surface area contributed by atoms with Gasteiger partial charge in [-0.2, -0.15) is 0 Å². The Balaban J connectivity index is 1.90. The summed E-state index contributed by atoms with van der Waals surface area (Å²) in [4.78, 5) is 0. The van der Waals surface area contributed by atoms with E-state index in [4.69, 9.17) is 0 Å². The second-order valence-corrected chi connectivity index (χ2v) is 4.93. The maximum atomic E-state index is 13.4. The van der Waals surface area contributed by atoms with Crippen LogP contribution in [0.2, 0.25) is 0 Å². The van der Waals surface area contributed by atoms with Gasteiger partial charge in [0.05, 0.1) is 0 Å². The second kappa shape index (κ2) is 5.58. The van der Waals surface area contributed by atoms with Crippen molar-refractivity contribution in [2.75, 3.05) is 0 Å². The molecule has 94 valence electrons. The largest absolute Gasteiger partial charge is 0.310 e. The highest BCUT2D eigenvalue weighted by Gasteiger charge is 2.21. The molecule has 0 aliphatic heterocycles. The first kappa shape index (κ1) is 12.5. The van der Waals surface area contributed by atoms with E-state index >= 15 is 0 Å². The molecular formula is C14H19F2N. The summed E-state index contributed by atoms with van der Waals surface area (Å²) in [7, 11) is 0. The zero-order chi connectivity index (χ0) is 12.3. The minimum Gasteiger partial charge on any atom is -0.310 e. The lowest BCUT2D eigenvalue weighted by Crippen LogP contribution is -2.32.